The Kier molecular flexibility index (Phi) is 7.34. The monoisotopic (exact) mass is 499 g/mol. The van der Waals surface area contributed by atoms with Crippen LogP contribution < -0.4 is 10.2 Å². The number of amides is 1. The van der Waals surface area contributed by atoms with Gasteiger partial charge in [0.1, 0.15) is 0 Å². The number of nitrogens with one attached hydrogen (secondary N) is 1. The molecular weight excluding hydrogens is 470 g/mol. The lowest BCUT2D eigenvalue weighted by atomic mass is 10.2. The van der Waals surface area contributed by atoms with E-state index in [1.807, 2.05) is 66.1 Å². The molecule has 1 amide bonds. The third kappa shape index (κ3) is 5.45. The van der Waals surface area contributed by atoms with Crippen LogP contribution in [0.3, 0.4) is 0 Å². The maximum Gasteiger partial charge on any atom is 0.237 e. The summed E-state index contributed by atoms with van der Waals surface area (Å²) in [7, 11) is 0. The van der Waals surface area contributed by atoms with Crippen LogP contribution in [0.1, 0.15) is 12.5 Å². The minimum absolute atomic E-state index is 0.0844. The molecule has 3 aromatic carbocycles. The number of nitrogens with zero attached hydrogens (tertiary/aromatic N) is 4. The molecule has 5 rings (SSSR count). The van der Waals surface area contributed by atoms with Crippen LogP contribution in [-0.2, 0) is 9.53 Å². The largest absolute Gasteiger partial charge is 0.378 e. The standard InChI is InChI=1S/C28H29N5O2S/c1-20-8-12-25(13-9-20)33-26(22-6-4-3-5-7-22)30-31-28(33)36-21(2)27(34)29-23-10-14-24(15-11-23)32-16-18-35-19-17-32/h3-15,21H,16-19H2,1-2H3,(H,29,34). The van der Waals surface area contributed by atoms with Crippen LogP contribution in [0.5, 0.6) is 0 Å². The first-order valence-corrected chi connectivity index (χ1v) is 12.9. The molecule has 1 atom stereocenters. The number of carbonyl (C=O) groups is 1. The van der Waals surface area contributed by atoms with E-state index in [2.05, 4.69) is 51.6 Å². The SMILES string of the molecule is Cc1ccc(-n2c(SC(C)C(=O)Nc3ccc(N4CCOCC4)cc3)nnc2-c2ccccc2)cc1. The number of aryl methyl sites for hydroxylation is 1. The fraction of sp³-hybridized carbons (Fsp3) is 0.250. The van der Waals surface area contributed by atoms with Crippen molar-refractivity contribution < 1.29 is 9.53 Å². The Morgan fingerprint density at radius 3 is 2.28 bits per heavy atom. The molecule has 4 aromatic rings. The van der Waals surface area contributed by atoms with Crippen molar-refractivity contribution in [2.24, 2.45) is 0 Å². The Balaban J connectivity index is 1.33. The summed E-state index contributed by atoms with van der Waals surface area (Å²) >= 11 is 1.39. The zero-order chi connectivity index (χ0) is 24.9. The van der Waals surface area contributed by atoms with Gasteiger partial charge in [-0.2, -0.15) is 0 Å². The van der Waals surface area contributed by atoms with Gasteiger partial charge in [0.2, 0.25) is 5.91 Å². The van der Waals surface area contributed by atoms with E-state index in [0.29, 0.717) is 5.16 Å². The highest BCUT2D eigenvalue weighted by molar-refractivity contribution is 8.00. The number of carbonyl (C=O) groups excluding carboxylic acids is 1. The van der Waals surface area contributed by atoms with E-state index >= 15 is 0 Å². The summed E-state index contributed by atoms with van der Waals surface area (Å²) in [6, 6.07) is 26.2. The van der Waals surface area contributed by atoms with Gasteiger partial charge in [-0.25, -0.2) is 0 Å². The highest BCUT2D eigenvalue weighted by Gasteiger charge is 2.22. The Hall–Kier alpha value is -3.62. The fourth-order valence-corrected chi connectivity index (χ4v) is 4.95. The third-order valence-electron chi connectivity index (χ3n) is 6.12. The van der Waals surface area contributed by atoms with Crippen molar-refractivity contribution in [2.75, 3.05) is 36.5 Å². The van der Waals surface area contributed by atoms with Gasteiger partial charge in [0.05, 0.1) is 18.5 Å². The molecule has 1 aliphatic heterocycles. The molecule has 184 valence electrons. The zero-order valence-corrected chi connectivity index (χ0v) is 21.2. The normalized spacial score (nSPS) is 14.4. The Morgan fingerprint density at radius 1 is 0.917 bits per heavy atom. The molecule has 0 saturated carbocycles. The van der Waals surface area contributed by atoms with Crippen LogP contribution in [0, 0.1) is 6.92 Å². The second-order valence-corrected chi connectivity index (χ2v) is 10.0. The number of anilines is 2. The number of hydrogen-bond donors (Lipinski definition) is 1. The summed E-state index contributed by atoms with van der Waals surface area (Å²) in [6.45, 7) is 7.19. The summed E-state index contributed by atoms with van der Waals surface area (Å²) in [5.74, 6) is 0.659. The van der Waals surface area contributed by atoms with Gasteiger partial charge >= 0.3 is 0 Å². The maximum atomic E-state index is 13.1. The number of hydrogen-bond acceptors (Lipinski definition) is 6. The van der Waals surface area contributed by atoms with Crippen molar-refractivity contribution in [3.05, 3.63) is 84.4 Å². The van der Waals surface area contributed by atoms with E-state index < -0.39 is 0 Å². The average molecular weight is 500 g/mol. The molecule has 0 bridgehead atoms. The van der Waals surface area contributed by atoms with Crippen molar-refractivity contribution in [1.82, 2.24) is 14.8 Å². The zero-order valence-electron chi connectivity index (χ0n) is 20.4. The van der Waals surface area contributed by atoms with Gasteiger partial charge in [-0.05, 0) is 50.2 Å². The average Bonchev–Trinajstić information content (AvgIpc) is 3.34. The van der Waals surface area contributed by atoms with Crippen LogP contribution in [0.15, 0.2) is 84.0 Å². The lowest BCUT2D eigenvalue weighted by Gasteiger charge is -2.28. The second-order valence-electron chi connectivity index (χ2n) is 8.74. The topological polar surface area (TPSA) is 72.3 Å². The van der Waals surface area contributed by atoms with Crippen LogP contribution in [-0.4, -0.2) is 52.2 Å². The van der Waals surface area contributed by atoms with E-state index in [4.69, 9.17) is 4.74 Å². The number of benzene rings is 3. The van der Waals surface area contributed by atoms with Gasteiger partial charge in [0, 0.05) is 35.7 Å². The molecule has 0 radical (unpaired) electrons. The van der Waals surface area contributed by atoms with Crippen molar-refractivity contribution >= 4 is 29.0 Å². The van der Waals surface area contributed by atoms with Gasteiger partial charge in [0.15, 0.2) is 11.0 Å². The lowest BCUT2D eigenvalue weighted by Crippen LogP contribution is -2.36. The highest BCUT2D eigenvalue weighted by Crippen LogP contribution is 2.31. The first kappa shape index (κ1) is 24.1. The predicted molar refractivity (Wildman–Crippen MR) is 145 cm³/mol. The first-order chi connectivity index (χ1) is 17.6. The molecule has 0 aliphatic carbocycles. The quantitative estimate of drug-likeness (QED) is 0.353. The van der Waals surface area contributed by atoms with Gasteiger partial charge in [-0.1, -0.05) is 59.8 Å². The van der Waals surface area contributed by atoms with Gasteiger partial charge in [0.25, 0.3) is 0 Å². The molecule has 7 nitrogen and oxygen atoms in total. The number of thioether (sulfide) groups is 1. The van der Waals surface area contributed by atoms with Crippen LogP contribution in [0.25, 0.3) is 17.1 Å². The van der Waals surface area contributed by atoms with Gasteiger partial charge in [-0.3, -0.25) is 9.36 Å². The summed E-state index contributed by atoms with van der Waals surface area (Å²) < 4.78 is 7.44. The van der Waals surface area contributed by atoms with E-state index in [-0.39, 0.29) is 11.2 Å². The van der Waals surface area contributed by atoms with Crippen molar-refractivity contribution in [3.8, 4) is 17.1 Å². The van der Waals surface area contributed by atoms with Crippen molar-refractivity contribution in [1.29, 1.82) is 0 Å². The number of rotatable bonds is 7. The smallest absolute Gasteiger partial charge is 0.237 e. The molecule has 8 heteroatoms. The van der Waals surface area contributed by atoms with E-state index in [1.165, 1.54) is 17.3 Å². The fourth-order valence-electron chi connectivity index (χ4n) is 4.08. The molecule has 1 saturated heterocycles. The minimum Gasteiger partial charge on any atom is -0.378 e. The number of morpholine rings is 1. The third-order valence-corrected chi connectivity index (χ3v) is 7.16. The summed E-state index contributed by atoms with van der Waals surface area (Å²) in [4.78, 5) is 15.3. The Bertz CT molecular complexity index is 1300. The van der Waals surface area contributed by atoms with Crippen LogP contribution >= 0.6 is 11.8 Å². The van der Waals surface area contributed by atoms with Crippen LogP contribution in [0.4, 0.5) is 11.4 Å². The summed E-state index contributed by atoms with van der Waals surface area (Å²) in [6.07, 6.45) is 0. The summed E-state index contributed by atoms with van der Waals surface area (Å²) in [5, 5.41) is 12.3. The van der Waals surface area contributed by atoms with E-state index in [9.17, 15) is 4.79 Å². The Labute approximate surface area is 215 Å². The molecular formula is C28H29N5O2S. The Morgan fingerprint density at radius 2 is 1.58 bits per heavy atom. The number of aromatic nitrogens is 3. The van der Waals surface area contributed by atoms with E-state index in [0.717, 1.165) is 54.8 Å². The van der Waals surface area contributed by atoms with Gasteiger partial charge in [-0.15, -0.1) is 10.2 Å². The molecule has 1 aromatic heterocycles. The number of ether oxygens (including phenoxy) is 1. The van der Waals surface area contributed by atoms with Crippen molar-refractivity contribution in [2.45, 2.75) is 24.3 Å². The molecule has 0 spiro atoms. The van der Waals surface area contributed by atoms with Gasteiger partial charge < -0.3 is 15.0 Å². The molecule has 2 heterocycles. The highest BCUT2D eigenvalue weighted by atomic mass is 32.2. The molecule has 1 N–H and O–H groups in total. The molecule has 1 unspecified atom stereocenters. The molecule has 1 aliphatic rings. The first-order valence-electron chi connectivity index (χ1n) is 12.1. The lowest BCUT2D eigenvalue weighted by molar-refractivity contribution is -0.115. The van der Waals surface area contributed by atoms with E-state index in [1.54, 1.807) is 0 Å². The molecule has 1 fully saturated rings. The maximum absolute atomic E-state index is 13.1. The van der Waals surface area contributed by atoms with Crippen LogP contribution in [0.2, 0.25) is 0 Å². The summed E-state index contributed by atoms with van der Waals surface area (Å²) in [5.41, 5.74) is 5.01. The minimum atomic E-state index is -0.374. The van der Waals surface area contributed by atoms with Crippen molar-refractivity contribution in [3.63, 3.8) is 0 Å². The predicted octanol–water partition coefficient (Wildman–Crippen LogP) is 5.20. The second kappa shape index (κ2) is 11.0. The molecule has 36 heavy (non-hydrogen) atoms.